The highest BCUT2D eigenvalue weighted by molar-refractivity contribution is 7.99. The highest BCUT2D eigenvalue weighted by Gasteiger charge is 2.14. The highest BCUT2D eigenvalue weighted by atomic mass is 35.5. The van der Waals surface area contributed by atoms with Crippen LogP contribution in [0.5, 0.6) is 0 Å². The lowest BCUT2D eigenvalue weighted by Gasteiger charge is -2.08. The van der Waals surface area contributed by atoms with Crippen LogP contribution in [0.3, 0.4) is 0 Å². The molecule has 0 bridgehead atoms. The maximum Gasteiger partial charge on any atom is 0.225 e. The van der Waals surface area contributed by atoms with E-state index in [2.05, 4.69) is 22.1 Å². The van der Waals surface area contributed by atoms with Gasteiger partial charge >= 0.3 is 0 Å². The van der Waals surface area contributed by atoms with Gasteiger partial charge in [0.25, 0.3) is 0 Å². The molecule has 152 valence electrons. The molecular formula is C21H17Cl2N5OS. The molecule has 1 aromatic heterocycles. The van der Waals surface area contributed by atoms with Crippen molar-refractivity contribution in [3.63, 3.8) is 0 Å². The number of halogens is 2. The smallest absolute Gasteiger partial charge is 0.225 e. The van der Waals surface area contributed by atoms with Crippen molar-refractivity contribution in [3.05, 3.63) is 70.7 Å². The summed E-state index contributed by atoms with van der Waals surface area (Å²) in [6, 6.07) is 14.1. The summed E-state index contributed by atoms with van der Waals surface area (Å²) in [4.78, 5) is 12.2. The second-order valence-electron chi connectivity index (χ2n) is 6.17. The predicted molar refractivity (Wildman–Crippen MR) is 121 cm³/mol. The number of anilines is 1. The third-order valence-corrected chi connectivity index (χ3v) is 5.60. The van der Waals surface area contributed by atoms with E-state index in [1.54, 1.807) is 36.4 Å². The number of rotatable bonds is 8. The predicted octanol–water partition coefficient (Wildman–Crippen LogP) is 5.43. The minimum Gasteiger partial charge on any atom is -0.326 e. The van der Waals surface area contributed by atoms with Crippen molar-refractivity contribution in [1.29, 1.82) is 5.26 Å². The van der Waals surface area contributed by atoms with Gasteiger partial charge in [0.1, 0.15) is 6.07 Å². The summed E-state index contributed by atoms with van der Waals surface area (Å²) in [6.45, 7) is 4.34. The fourth-order valence-electron chi connectivity index (χ4n) is 2.64. The summed E-state index contributed by atoms with van der Waals surface area (Å²) in [6.07, 6.45) is 2.05. The van der Waals surface area contributed by atoms with Gasteiger partial charge in [-0.05, 0) is 42.5 Å². The fraction of sp³-hybridized carbons (Fsp3) is 0.143. The van der Waals surface area contributed by atoms with Crippen LogP contribution in [0.4, 0.5) is 5.69 Å². The standard InChI is InChI=1S/C21H17Cl2N5OS/c1-2-10-28-20(14-3-6-16(22)7-4-14)26-27-21(28)30-11-9-19(29)25-17-8-5-15(13-24)18(23)12-17/h2-8,12H,1,9-11H2,(H,25,29). The van der Waals surface area contributed by atoms with Gasteiger partial charge in [-0.25, -0.2) is 0 Å². The molecule has 2 aromatic carbocycles. The lowest BCUT2D eigenvalue weighted by atomic mass is 10.2. The van der Waals surface area contributed by atoms with Gasteiger partial charge in [0, 0.05) is 35.0 Å². The van der Waals surface area contributed by atoms with E-state index in [4.69, 9.17) is 28.5 Å². The van der Waals surface area contributed by atoms with Gasteiger partial charge in [-0.2, -0.15) is 5.26 Å². The van der Waals surface area contributed by atoms with Gasteiger partial charge in [-0.15, -0.1) is 16.8 Å². The van der Waals surface area contributed by atoms with Crippen LogP contribution in [0.1, 0.15) is 12.0 Å². The highest BCUT2D eigenvalue weighted by Crippen LogP contribution is 2.26. The van der Waals surface area contributed by atoms with Gasteiger partial charge in [0.2, 0.25) is 5.91 Å². The third kappa shape index (κ3) is 5.42. The molecule has 0 saturated carbocycles. The van der Waals surface area contributed by atoms with E-state index in [0.29, 0.717) is 44.6 Å². The van der Waals surface area contributed by atoms with Crippen molar-refractivity contribution in [2.24, 2.45) is 0 Å². The number of nitriles is 1. The number of aromatic nitrogens is 3. The van der Waals surface area contributed by atoms with Gasteiger partial charge < -0.3 is 5.32 Å². The fourth-order valence-corrected chi connectivity index (χ4v) is 3.88. The largest absolute Gasteiger partial charge is 0.326 e. The van der Waals surface area contributed by atoms with Crippen LogP contribution < -0.4 is 5.32 Å². The molecule has 0 radical (unpaired) electrons. The molecule has 0 atom stereocenters. The molecule has 1 amide bonds. The first-order valence-corrected chi connectivity index (χ1v) is 10.7. The van der Waals surface area contributed by atoms with Gasteiger partial charge in [0.15, 0.2) is 11.0 Å². The molecule has 0 aliphatic rings. The number of nitrogens with zero attached hydrogens (tertiary/aromatic N) is 4. The number of carbonyl (C=O) groups excluding carboxylic acids is 1. The van der Waals surface area contributed by atoms with E-state index in [-0.39, 0.29) is 12.3 Å². The van der Waals surface area contributed by atoms with E-state index >= 15 is 0 Å². The molecule has 30 heavy (non-hydrogen) atoms. The van der Waals surface area contributed by atoms with Crippen LogP contribution in [0.2, 0.25) is 10.0 Å². The third-order valence-electron chi connectivity index (χ3n) is 4.06. The Balaban J connectivity index is 1.62. The average Bonchev–Trinajstić information content (AvgIpc) is 3.12. The van der Waals surface area contributed by atoms with Gasteiger partial charge in [-0.1, -0.05) is 41.0 Å². The first kappa shape index (κ1) is 21.9. The Labute approximate surface area is 188 Å². The van der Waals surface area contributed by atoms with Crippen LogP contribution >= 0.6 is 35.0 Å². The summed E-state index contributed by atoms with van der Waals surface area (Å²) < 4.78 is 1.94. The normalized spacial score (nSPS) is 10.4. The molecule has 0 aliphatic carbocycles. The zero-order valence-corrected chi connectivity index (χ0v) is 18.1. The molecule has 3 rings (SSSR count). The van der Waals surface area contributed by atoms with Crippen LogP contribution in [-0.2, 0) is 11.3 Å². The summed E-state index contributed by atoms with van der Waals surface area (Å²) in [7, 11) is 0. The number of amides is 1. The number of benzene rings is 2. The van der Waals surface area contributed by atoms with E-state index in [1.165, 1.54) is 11.8 Å². The van der Waals surface area contributed by atoms with Crippen LogP contribution in [-0.4, -0.2) is 26.4 Å². The van der Waals surface area contributed by atoms with E-state index in [9.17, 15) is 4.79 Å². The minimum absolute atomic E-state index is 0.156. The molecule has 0 fully saturated rings. The molecule has 3 aromatic rings. The van der Waals surface area contributed by atoms with Crippen molar-refractivity contribution in [1.82, 2.24) is 14.8 Å². The monoisotopic (exact) mass is 457 g/mol. The summed E-state index contributed by atoms with van der Waals surface area (Å²) >= 11 is 13.4. The quantitative estimate of drug-likeness (QED) is 0.360. The maximum atomic E-state index is 12.2. The summed E-state index contributed by atoms with van der Waals surface area (Å²) in [5.41, 5.74) is 1.81. The van der Waals surface area contributed by atoms with Gasteiger partial charge in [-0.3, -0.25) is 9.36 Å². The van der Waals surface area contributed by atoms with Crippen molar-refractivity contribution in [2.45, 2.75) is 18.1 Å². The zero-order valence-electron chi connectivity index (χ0n) is 15.8. The lowest BCUT2D eigenvalue weighted by molar-refractivity contribution is -0.115. The number of allylic oxidation sites excluding steroid dienone is 1. The molecule has 9 heteroatoms. The first-order chi connectivity index (χ1) is 14.5. The van der Waals surface area contributed by atoms with E-state index in [0.717, 1.165) is 5.56 Å². The number of thioether (sulfide) groups is 1. The molecule has 1 heterocycles. The first-order valence-electron chi connectivity index (χ1n) is 8.94. The molecule has 6 nitrogen and oxygen atoms in total. The second-order valence-corrected chi connectivity index (χ2v) is 8.07. The molecular weight excluding hydrogens is 441 g/mol. The molecule has 0 spiro atoms. The van der Waals surface area contributed by atoms with Crippen molar-refractivity contribution >= 4 is 46.6 Å². The van der Waals surface area contributed by atoms with Crippen LogP contribution in [0.25, 0.3) is 11.4 Å². The number of hydrogen-bond acceptors (Lipinski definition) is 5. The Bertz CT molecular complexity index is 1110. The van der Waals surface area contributed by atoms with Crippen molar-refractivity contribution < 1.29 is 4.79 Å². The number of nitrogens with one attached hydrogen (secondary N) is 1. The van der Waals surface area contributed by atoms with Gasteiger partial charge in [0.05, 0.1) is 10.6 Å². The van der Waals surface area contributed by atoms with Crippen molar-refractivity contribution in [2.75, 3.05) is 11.1 Å². The number of carbonyl (C=O) groups is 1. The summed E-state index contributed by atoms with van der Waals surface area (Å²) in [5.74, 6) is 1.08. The maximum absolute atomic E-state index is 12.2. The number of hydrogen-bond donors (Lipinski definition) is 1. The Hall–Kier alpha value is -2.79. The molecule has 0 aliphatic heterocycles. The van der Waals surface area contributed by atoms with E-state index in [1.807, 2.05) is 22.8 Å². The van der Waals surface area contributed by atoms with Crippen molar-refractivity contribution in [3.8, 4) is 17.5 Å². The average molecular weight is 458 g/mol. The zero-order chi connectivity index (χ0) is 21.5. The van der Waals surface area contributed by atoms with Crippen LogP contribution in [0, 0.1) is 11.3 Å². The topological polar surface area (TPSA) is 83.6 Å². The molecule has 1 N–H and O–H groups in total. The molecule has 0 unspecified atom stereocenters. The Morgan fingerprint density at radius 3 is 2.67 bits per heavy atom. The Morgan fingerprint density at radius 2 is 2.00 bits per heavy atom. The second kappa shape index (κ2) is 10.3. The minimum atomic E-state index is -0.156. The lowest BCUT2D eigenvalue weighted by Crippen LogP contribution is -2.12. The van der Waals surface area contributed by atoms with Crippen LogP contribution in [0.15, 0.2) is 60.3 Å². The summed E-state index contributed by atoms with van der Waals surface area (Å²) in [5, 5.41) is 21.9. The molecule has 0 saturated heterocycles. The SMILES string of the molecule is C=CCn1c(SCCC(=O)Nc2ccc(C#N)c(Cl)c2)nnc1-c1ccc(Cl)cc1. The Kier molecular flexibility index (Phi) is 7.52. The van der Waals surface area contributed by atoms with E-state index < -0.39 is 0 Å². The Morgan fingerprint density at radius 1 is 1.23 bits per heavy atom.